The van der Waals surface area contributed by atoms with E-state index in [0.29, 0.717) is 31.5 Å². The monoisotopic (exact) mass is 396 g/mol. The van der Waals surface area contributed by atoms with Crippen LogP contribution in [0.1, 0.15) is 18.1 Å². The molecule has 0 aliphatic rings. The molecule has 0 atom stereocenters. The number of aliphatic imine (C=N–C) groups is 1. The zero-order chi connectivity index (χ0) is 20.4. The Kier molecular flexibility index (Phi) is 7.91. The highest BCUT2D eigenvalue weighted by atomic mass is 19.4. The van der Waals surface area contributed by atoms with Crippen LogP contribution in [0.3, 0.4) is 0 Å². The molecule has 0 amide bonds. The first-order valence-corrected chi connectivity index (χ1v) is 8.71. The number of aromatic nitrogens is 1. The van der Waals surface area contributed by atoms with Crippen molar-refractivity contribution in [3.05, 3.63) is 53.7 Å². The van der Waals surface area contributed by atoms with E-state index < -0.39 is 12.8 Å². The minimum atomic E-state index is -4.35. The van der Waals surface area contributed by atoms with Crippen LogP contribution in [0, 0.1) is 0 Å². The van der Waals surface area contributed by atoms with Crippen molar-refractivity contribution < 1.29 is 22.6 Å². The average molecular weight is 396 g/mol. The van der Waals surface area contributed by atoms with E-state index >= 15 is 0 Å². The molecular weight excluding hydrogens is 373 g/mol. The number of hydrogen-bond donors (Lipinski definition) is 2. The smallest absolute Gasteiger partial charge is 0.422 e. The van der Waals surface area contributed by atoms with Crippen molar-refractivity contribution >= 4 is 5.96 Å². The summed E-state index contributed by atoms with van der Waals surface area (Å²) in [5.41, 5.74) is 1.78. The van der Waals surface area contributed by atoms with Gasteiger partial charge in [0.2, 0.25) is 5.88 Å². The second-order valence-electron chi connectivity index (χ2n) is 5.73. The van der Waals surface area contributed by atoms with Crippen molar-refractivity contribution in [1.29, 1.82) is 0 Å². The molecule has 152 valence electrons. The molecular formula is C19H23F3N4O2. The van der Waals surface area contributed by atoms with Gasteiger partial charge in [-0.1, -0.05) is 18.2 Å². The molecule has 0 saturated heterocycles. The molecule has 2 rings (SSSR count). The van der Waals surface area contributed by atoms with Gasteiger partial charge in [0.15, 0.2) is 12.6 Å². The van der Waals surface area contributed by atoms with Crippen molar-refractivity contribution in [1.82, 2.24) is 15.6 Å². The Morgan fingerprint density at radius 1 is 1.07 bits per heavy atom. The summed E-state index contributed by atoms with van der Waals surface area (Å²) in [7, 11) is 1.65. The minimum Gasteiger partial charge on any atom is -0.484 e. The fraction of sp³-hybridized carbons (Fsp3) is 0.368. The maximum atomic E-state index is 12.2. The Morgan fingerprint density at radius 2 is 1.79 bits per heavy atom. The average Bonchev–Trinajstić information content (AvgIpc) is 2.68. The summed E-state index contributed by atoms with van der Waals surface area (Å²) in [6.45, 7) is 2.04. The van der Waals surface area contributed by atoms with E-state index in [1.54, 1.807) is 25.4 Å². The summed E-state index contributed by atoms with van der Waals surface area (Å²) < 4.78 is 46.7. The summed E-state index contributed by atoms with van der Waals surface area (Å²) in [5.74, 6) is 1.31. The zero-order valence-electron chi connectivity index (χ0n) is 15.7. The SMILES string of the molecule is CCOc1ncccc1CNC(=NC)NCc1ccc(OCC(F)(F)F)cc1. The molecule has 2 N–H and O–H groups in total. The van der Waals surface area contributed by atoms with E-state index in [9.17, 15) is 13.2 Å². The first kappa shape index (κ1) is 21.3. The van der Waals surface area contributed by atoms with Gasteiger partial charge in [0.1, 0.15) is 5.75 Å². The molecule has 0 unspecified atom stereocenters. The van der Waals surface area contributed by atoms with Gasteiger partial charge in [0, 0.05) is 31.9 Å². The van der Waals surface area contributed by atoms with Gasteiger partial charge in [-0.2, -0.15) is 13.2 Å². The number of hydrogen-bond acceptors (Lipinski definition) is 4. The molecule has 1 aromatic carbocycles. The van der Waals surface area contributed by atoms with E-state index in [4.69, 9.17) is 9.47 Å². The number of guanidine groups is 1. The Bertz CT molecular complexity index is 765. The summed E-state index contributed by atoms with van der Waals surface area (Å²) in [6, 6.07) is 10.1. The van der Waals surface area contributed by atoms with E-state index in [0.717, 1.165) is 11.1 Å². The number of rotatable bonds is 8. The number of ether oxygens (including phenoxy) is 2. The van der Waals surface area contributed by atoms with Crippen molar-refractivity contribution in [2.75, 3.05) is 20.3 Å². The predicted molar refractivity (Wildman–Crippen MR) is 100 cm³/mol. The predicted octanol–water partition coefficient (Wildman–Crippen LogP) is 3.29. The Morgan fingerprint density at radius 3 is 2.43 bits per heavy atom. The lowest BCUT2D eigenvalue weighted by Gasteiger charge is -2.14. The van der Waals surface area contributed by atoms with Crippen molar-refractivity contribution in [3.63, 3.8) is 0 Å². The molecule has 0 spiro atoms. The largest absolute Gasteiger partial charge is 0.484 e. The summed E-state index contributed by atoms with van der Waals surface area (Å²) in [5, 5.41) is 6.31. The molecule has 9 heteroatoms. The van der Waals surface area contributed by atoms with Crippen LogP contribution in [-0.2, 0) is 13.1 Å². The molecule has 28 heavy (non-hydrogen) atoms. The summed E-state index contributed by atoms with van der Waals surface area (Å²) in [6.07, 6.45) is -2.68. The third-order valence-electron chi connectivity index (χ3n) is 3.59. The molecule has 6 nitrogen and oxygen atoms in total. The number of nitrogens with zero attached hydrogens (tertiary/aromatic N) is 2. The number of nitrogens with one attached hydrogen (secondary N) is 2. The standard InChI is InChI=1S/C19H23F3N4O2/c1-3-27-17-15(5-4-10-24-17)12-26-18(23-2)25-11-14-6-8-16(9-7-14)28-13-19(20,21)22/h4-10H,3,11-13H2,1-2H3,(H2,23,25,26). The number of alkyl halides is 3. The van der Waals surface area contributed by atoms with Gasteiger partial charge in [-0.15, -0.1) is 0 Å². The number of halogens is 3. The molecule has 0 bridgehead atoms. The van der Waals surface area contributed by atoms with Gasteiger partial charge in [-0.05, 0) is 30.7 Å². The van der Waals surface area contributed by atoms with Crippen LogP contribution in [0.4, 0.5) is 13.2 Å². The van der Waals surface area contributed by atoms with Gasteiger partial charge >= 0.3 is 6.18 Å². The lowest BCUT2D eigenvalue weighted by molar-refractivity contribution is -0.153. The highest BCUT2D eigenvalue weighted by Crippen LogP contribution is 2.19. The maximum absolute atomic E-state index is 12.2. The fourth-order valence-corrected chi connectivity index (χ4v) is 2.28. The second-order valence-corrected chi connectivity index (χ2v) is 5.73. The van der Waals surface area contributed by atoms with Crippen LogP contribution in [0.5, 0.6) is 11.6 Å². The van der Waals surface area contributed by atoms with E-state index in [-0.39, 0.29) is 5.75 Å². The lowest BCUT2D eigenvalue weighted by atomic mass is 10.2. The molecule has 0 fully saturated rings. The molecule has 0 aliphatic carbocycles. The van der Waals surface area contributed by atoms with Crippen LogP contribution in [-0.4, -0.2) is 37.4 Å². The fourth-order valence-electron chi connectivity index (χ4n) is 2.28. The normalized spacial score (nSPS) is 11.8. The molecule has 1 aromatic heterocycles. The number of benzene rings is 1. The third-order valence-corrected chi connectivity index (χ3v) is 3.59. The van der Waals surface area contributed by atoms with Gasteiger partial charge in [-0.3, -0.25) is 4.99 Å². The third kappa shape index (κ3) is 7.34. The minimum absolute atomic E-state index is 0.170. The highest BCUT2D eigenvalue weighted by Gasteiger charge is 2.28. The summed E-state index contributed by atoms with van der Waals surface area (Å²) >= 11 is 0. The molecule has 2 aromatic rings. The van der Waals surface area contributed by atoms with Crippen LogP contribution in [0.2, 0.25) is 0 Å². The second kappa shape index (κ2) is 10.4. The van der Waals surface area contributed by atoms with Crippen LogP contribution in [0.25, 0.3) is 0 Å². The van der Waals surface area contributed by atoms with Crippen LogP contribution >= 0.6 is 0 Å². The van der Waals surface area contributed by atoms with E-state index in [1.807, 2.05) is 19.1 Å². The van der Waals surface area contributed by atoms with Crippen molar-refractivity contribution in [2.45, 2.75) is 26.2 Å². The molecule has 0 saturated carbocycles. The zero-order valence-corrected chi connectivity index (χ0v) is 15.7. The Balaban J connectivity index is 1.84. The molecule has 0 radical (unpaired) electrons. The van der Waals surface area contributed by atoms with E-state index in [2.05, 4.69) is 20.6 Å². The summed E-state index contributed by atoms with van der Waals surface area (Å²) in [4.78, 5) is 8.35. The quantitative estimate of drug-likeness (QED) is 0.530. The van der Waals surface area contributed by atoms with Gasteiger partial charge < -0.3 is 20.1 Å². The van der Waals surface area contributed by atoms with Gasteiger partial charge in [0.25, 0.3) is 0 Å². The topological polar surface area (TPSA) is 67.8 Å². The lowest BCUT2D eigenvalue weighted by Crippen LogP contribution is -2.36. The van der Waals surface area contributed by atoms with Crippen molar-refractivity contribution in [3.8, 4) is 11.6 Å². The Hall–Kier alpha value is -2.97. The Labute approximate surface area is 161 Å². The van der Waals surface area contributed by atoms with Crippen molar-refractivity contribution in [2.24, 2.45) is 4.99 Å². The van der Waals surface area contributed by atoms with Gasteiger partial charge in [-0.25, -0.2) is 4.98 Å². The van der Waals surface area contributed by atoms with Gasteiger partial charge in [0.05, 0.1) is 6.61 Å². The first-order chi connectivity index (χ1) is 13.4. The van der Waals surface area contributed by atoms with Crippen LogP contribution < -0.4 is 20.1 Å². The first-order valence-electron chi connectivity index (χ1n) is 8.71. The van der Waals surface area contributed by atoms with Crippen LogP contribution in [0.15, 0.2) is 47.6 Å². The highest BCUT2D eigenvalue weighted by molar-refractivity contribution is 5.79. The maximum Gasteiger partial charge on any atom is 0.422 e. The molecule has 1 heterocycles. The number of pyridine rings is 1. The molecule has 0 aliphatic heterocycles. The van der Waals surface area contributed by atoms with E-state index in [1.165, 1.54) is 12.1 Å².